The maximum atomic E-state index is 8.12. The first-order valence-corrected chi connectivity index (χ1v) is 5.45. The van der Waals surface area contributed by atoms with Crippen LogP contribution in [0.25, 0.3) is 16.5 Å². The summed E-state index contributed by atoms with van der Waals surface area (Å²) in [6.07, 6.45) is 4.45. The summed E-state index contributed by atoms with van der Waals surface area (Å²) in [5.74, 6) is 1.37. The van der Waals surface area contributed by atoms with E-state index in [1.54, 1.807) is 6.07 Å². The largest absolute Gasteiger partial charge is 0.454 e. The molecular formula is C11H10ClN3O2. The minimum atomic E-state index is 0.232. The number of rotatable bonds is 4. The average molecular weight is 252 g/mol. The van der Waals surface area contributed by atoms with Gasteiger partial charge in [0.15, 0.2) is 11.5 Å². The van der Waals surface area contributed by atoms with Crippen molar-refractivity contribution in [2.75, 3.05) is 13.3 Å². The van der Waals surface area contributed by atoms with Crippen LogP contribution in [0, 0.1) is 0 Å². The molecule has 0 fully saturated rings. The number of hydrogen-bond acceptors (Lipinski definition) is 3. The van der Waals surface area contributed by atoms with E-state index in [4.69, 9.17) is 26.6 Å². The zero-order valence-electron chi connectivity index (χ0n) is 8.97. The Hall–Kier alpha value is -1.84. The number of hydrogen-bond donors (Lipinski definition) is 0. The van der Waals surface area contributed by atoms with Crippen LogP contribution >= 0.6 is 11.6 Å². The van der Waals surface area contributed by atoms with Gasteiger partial charge in [-0.3, -0.25) is 0 Å². The second-order valence-corrected chi connectivity index (χ2v) is 3.78. The normalized spacial score (nSPS) is 12.8. The highest BCUT2D eigenvalue weighted by Crippen LogP contribution is 2.37. The van der Waals surface area contributed by atoms with Crippen molar-refractivity contribution in [3.05, 3.63) is 39.2 Å². The van der Waals surface area contributed by atoms with E-state index in [0.29, 0.717) is 29.5 Å². The Kier molecular flexibility index (Phi) is 3.75. The molecule has 0 N–H and O–H groups in total. The van der Waals surface area contributed by atoms with E-state index in [2.05, 4.69) is 10.0 Å². The molecule has 1 aliphatic rings. The average Bonchev–Trinajstić information content (AvgIpc) is 2.76. The molecule has 0 aliphatic carbocycles. The molecule has 17 heavy (non-hydrogen) atoms. The van der Waals surface area contributed by atoms with Gasteiger partial charge < -0.3 is 9.47 Å². The molecule has 1 aromatic carbocycles. The lowest BCUT2D eigenvalue weighted by atomic mass is 10.1. The van der Waals surface area contributed by atoms with Gasteiger partial charge in [0.05, 0.1) is 5.02 Å². The summed E-state index contributed by atoms with van der Waals surface area (Å²) >= 11 is 6.08. The van der Waals surface area contributed by atoms with E-state index in [1.165, 1.54) is 0 Å². The summed E-state index contributed by atoms with van der Waals surface area (Å²) in [7, 11) is 0. The zero-order chi connectivity index (χ0) is 12.1. The SMILES string of the molecule is [N-]=[N+]=NCCC=Cc1cc2c(cc1Cl)OCO2. The predicted molar refractivity (Wildman–Crippen MR) is 65.2 cm³/mol. The first-order chi connectivity index (χ1) is 8.31. The fraction of sp³-hybridized carbons (Fsp3) is 0.273. The maximum absolute atomic E-state index is 8.12. The smallest absolute Gasteiger partial charge is 0.231 e. The highest BCUT2D eigenvalue weighted by molar-refractivity contribution is 6.32. The number of nitrogens with zero attached hydrogens (tertiary/aromatic N) is 3. The molecule has 0 amide bonds. The van der Waals surface area contributed by atoms with Crippen LogP contribution in [0.4, 0.5) is 0 Å². The van der Waals surface area contributed by atoms with Crippen molar-refractivity contribution < 1.29 is 9.47 Å². The summed E-state index contributed by atoms with van der Waals surface area (Å²) in [4.78, 5) is 2.67. The van der Waals surface area contributed by atoms with Gasteiger partial charge in [-0.1, -0.05) is 28.9 Å². The van der Waals surface area contributed by atoms with Gasteiger partial charge in [-0.05, 0) is 23.6 Å². The molecule has 1 aliphatic heterocycles. The number of ether oxygens (including phenoxy) is 2. The molecule has 1 heterocycles. The van der Waals surface area contributed by atoms with Gasteiger partial charge in [0.25, 0.3) is 0 Å². The van der Waals surface area contributed by atoms with Crippen LogP contribution in [-0.2, 0) is 0 Å². The second-order valence-electron chi connectivity index (χ2n) is 3.37. The van der Waals surface area contributed by atoms with Crippen LogP contribution in [0.5, 0.6) is 11.5 Å². The summed E-state index contributed by atoms with van der Waals surface area (Å²) in [6.45, 7) is 0.672. The van der Waals surface area contributed by atoms with Crippen LogP contribution in [0.15, 0.2) is 23.3 Å². The molecule has 0 saturated heterocycles. The summed E-state index contributed by atoms with van der Waals surface area (Å²) < 4.78 is 10.5. The van der Waals surface area contributed by atoms with Gasteiger partial charge in [-0.2, -0.15) is 0 Å². The van der Waals surface area contributed by atoms with Crippen LogP contribution in [0.2, 0.25) is 5.02 Å². The number of benzene rings is 1. The van der Waals surface area contributed by atoms with Crippen molar-refractivity contribution in [1.29, 1.82) is 0 Å². The summed E-state index contributed by atoms with van der Waals surface area (Å²) in [6, 6.07) is 3.56. The Labute approximate surface area is 103 Å². The summed E-state index contributed by atoms with van der Waals surface area (Å²) in [5, 5.41) is 4.04. The fourth-order valence-corrected chi connectivity index (χ4v) is 1.66. The Morgan fingerprint density at radius 1 is 1.41 bits per heavy atom. The molecule has 0 radical (unpaired) electrons. The van der Waals surface area contributed by atoms with E-state index in [0.717, 1.165) is 5.56 Å². The summed E-state index contributed by atoms with van der Waals surface area (Å²) in [5.41, 5.74) is 8.97. The third-order valence-electron chi connectivity index (χ3n) is 2.25. The molecule has 0 unspecified atom stereocenters. The Bertz CT molecular complexity index is 496. The highest BCUT2D eigenvalue weighted by Gasteiger charge is 2.15. The molecule has 0 aromatic heterocycles. The van der Waals surface area contributed by atoms with E-state index in [1.807, 2.05) is 18.2 Å². The van der Waals surface area contributed by atoms with Crippen LogP contribution in [-0.4, -0.2) is 13.3 Å². The Balaban J connectivity index is 2.08. The molecule has 0 saturated carbocycles. The highest BCUT2D eigenvalue weighted by atomic mass is 35.5. The molecule has 2 rings (SSSR count). The monoisotopic (exact) mass is 251 g/mol. The Morgan fingerprint density at radius 2 is 2.18 bits per heavy atom. The van der Waals surface area contributed by atoms with Crippen molar-refractivity contribution in [2.24, 2.45) is 5.11 Å². The Morgan fingerprint density at radius 3 is 2.94 bits per heavy atom. The minimum absolute atomic E-state index is 0.232. The first-order valence-electron chi connectivity index (χ1n) is 5.08. The van der Waals surface area contributed by atoms with Crippen LogP contribution in [0.1, 0.15) is 12.0 Å². The van der Waals surface area contributed by atoms with Crippen molar-refractivity contribution in [2.45, 2.75) is 6.42 Å². The minimum Gasteiger partial charge on any atom is -0.454 e. The van der Waals surface area contributed by atoms with Gasteiger partial charge in [0.1, 0.15) is 0 Å². The number of fused-ring (bicyclic) bond motifs is 1. The molecular weight excluding hydrogens is 242 g/mol. The van der Waals surface area contributed by atoms with Gasteiger partial charge in [0, 0.05) is 17.5 Å². The topological polar surface area (TPSA) is 67.2 Å². The second kappa shape index (κ2) is 5.48. The van der Waals surface area contributed by atoms with Crippen molar-refractivity contribution >= 4 is 17.7 Å². The number of azide groups is 1. The molecule has 6 heteroatoms. The van der Waals surface area contributed by atoms with E-state index in [-0.39, 0.29) is 6.79 Å². The van der Waals surface area contributed by atoms with E-state index < -0.39 is 0 Å². The van der Waals surface area contributed by atoms with Gasteiger partial charge >= 0.3 is 0 Å². The molecule has 5 nitrogen and oxygen atoms in total. The van der Waals surface area contributed by atoms with Crippen molar-refractivity contribution in [3.63, 3.8) is 0 Å². The van der Waals surface area contributed by atoms with Crippen molar-refractivity contribution in [3.8, 4) is 11.5 Å². The molecule has 0 bridgehead atoms. The van der Waals surface area contributed by atoms with Gasteiger partial charge in [-0.25, -0.2) is 0 Å². The quantitative estimate of drug-likeness (QED) is 0.354. The fourth-order valence-electron chi connectivity index (χ4n) is 1.45. The van der Waals surface area contributed by atoms with Crippen LogP contribution in [0.3, 0.4) is 0 Å². The van der Waals surface area contributed by atoms with Crippen LogP contribution < -0.4 is 9.47 Å². The molecule has 0 atom stereocenters. The van der Waals surface area contributed by atoms with Gasteiger partial charge in [0.2, 0.25) is 6.79 Å². The van der Waals surface area contributed by atoms with E-state index >= 15 is 0 Å². The standard InChI is InChI=1S/C11H10ClN3O2/c12-9-6-11-10(16-7-17-11)5-8(9)3-1-2-4-14-15-13/h1,3,5-6H,2,4,7H2. The third-order valence-corrected chi connectivity index (χ3v) is 2.58. The first kappa shape index (κ1) is 11.6. The number of halogens is 1. The maximum Gasteiger partial charge on any atom is 0.231 e. The zero-order valence-corrected chi connectivity index (χ0v) is 9.72. The molecule has 1 aromatic rings. The lowest BCUT2D eigenvalue weighted by molar-refractivity contribution is 0.174. The lowest BCUT2D eigenvalue weighted by Gasteiger charge is -2.01. The predicted octanol–water partition coefficient (Wildman–Crippen LogP) is 3.78. The lowest BCUT2D eigenvalue weighted by Crippen LogP contribution is -1.92. The molecule has 0 spiro atoms. The molecule has 88 valence electrons. The van der Waals surface area contributed by atoms with Gasteiger partial charge in [-0.15, -0.1) is 0 Å². The van der Waals surface area contributed by atoms with Crippen molar-refractivity contribution in [1.82, 2.24) is 0 Å². The van der Waals surface area contributed by atoms with E-state index in [9.17, 15) is 0 Å². The third kappa shape index (κ3) is 2.84.